The van der Waals surface area contributed by atoms with Crippen molar-refractivity contribution in [1.29, 1.82) is 0 Å². The molecule has 0 spiro atoms. The van der Waals surface area contributed by atoms with E-state index in [0.717, 1.165) is 71.0 Å². The van der Waals surface area contributed by atoms with Crippen LogP contribution in [-0.4, -0.2) is 126 Å². The number of likely N-dealkylation sites (N-methyl/N-ethyl adjacent to an activating group) is 2. The van der Waals surface area contributed by atoms with Gasteiger partial charge in [-0.15, -0.1) is 0 Å². The van der Waals surface area contributed by atoms with E-state index >= 15 is 0 Å². The second-order valence-electron chi connectivity index (χ2n) is 18.4. The molecule has 0 unspecified atom stereocenters. The third kappa shape index (κ3) is 13.5. The number of aromatic amines is 2. The Balaban J connectivity index is 0.000000174. The number of imidazole rings is 2. The first-order valence-corrected chi connectivity index (χ1v) is 24.7. The smallest absolute Gasteiger partial charge is 0.399 e. The van der Waals surface area contributed by atoms with Crippen molar-refractivity contribution in [2.24, 2.45) is 0 Å². The maximum absolute atomic E-state index is 14.0. The standard InChI is InChI=1S/C27H28F3N5O2.C21H24F3N5.C5H4ClNO2/c1-3-34-8-10-35(11-9-34)16-20-6-5-19(14-22(20)27(28,29)30)26-32-23-7-4-18(12-24(23)33-26)13-25(36)21-15-31-37-17(21)2;1-2-28-7-9-29(10-8-28)13-15-4-3-14(11-17(15)21(22,23)24)20-26-18-6-5-16(25)12-19(18)27-20;1-3-4(5(6)8)2-7-9-3/h4-7,12,14-15H,3,8-11,13,16H2,1-2H3,(H,32,33);3-6,11-12H,2,7-10,13,25H2,1H3,(H,26,27);2H,1H3. The highest BCUT2D eigenvalue weighted by Gasteiger charge is 2.36. The fourth-order valence-electron chi connectivity index (χ4n) is 9.06. The number of rotatable bonds is 12. The molecule has 4 N–H and O–H groups in total. The number of piperazine rings is 2. The highest BCUT2D eigenvalue weighted by atomic mass is 35.5. The molecule has 0 saturated carbocycles. The Labute approximate surface area is 433 Å². The van der Waals surface area contributed by atoms with Gasteiger partial charge < -0.3 is 34.5 Å². The largest absolute Gasteiger partial charge is 0.416 e. The molecule has 2 aliphatic rings. The van der Waals surface area contributed by atoms with Crippen molar-refractivity contribution >= 4 is 50.4 Å². The number of ketones is 1. The number of benzene rings is 4. The zero-order chi connectivity index (χ0) is 53.6. The number of Topliss-reactive ketones (excluding diaryl/α,β-unsaturated/α-hetero) is 1. The lowest BCUT2D eigenvalue weighted by Crippen LogP contribution is -2.45. The molecule has 0 amide bonds. The van der Waals surface area contributed by atoms with Crippen molar-refractivity contribution in [3.05, 3.63) is 136 Å². The Morgan fingerprint density at radius 3 is 1.47 bits per heavy atom. The quantitative estimate of drug-likeness (QED) is 0.0455. The normalized spacial score (nSPS) is 15.2. The van der Waals surface area contributed by atoms with E-state index in [1.807, 2.05) is 0 Å². The monoisotopic (exact) mass is 1060 g/mol. The molecule has 396 valence electrons. The summed E-state index contributed by atoms with van der Waals surface area (Å²) < 4.78 is 93.0. The maximum atomic E-state index is 14.0. The van der Waals surface area contributed by atoms with E-state index in [1.165, 1.54) is 24.5 Å². The first-order valence-electron chi connectivity index (χ1n) is 24.4. The number of nitrogen functional groups attached to an aromatic ring is 1. The fraction of sp³-hybridized carbons (Fsp3) is 0.358. The molecule has 75 heavy (non-hydrogen) atoms. The van der Waals surface area contributed by atoms with Crippen molar-refractivity contribution in [3.63, 3.8) is 0 Å². The summed E-state index contributed by atoms with van der Waals surface area (Å²) in [6.45, 7) is 16.5. The second-order valence-corrected chi connectivity index (χ2v) is 18.8. The van der Waals surface area contributed by atoms with Gasteiger partial charge >= 0.3 is 12.4 Å². The lowest BCUT2D eigenvalue weighted by Gasteiger charge is -2.34. The summed E-state index contributed by atoms with van der Waals surface area (Å²) in [4.78, 5) is 46.8. The van der Waals surface area contributed by atoms with Gasteiger partial charge in [0.2, 0.25) is 0 Å². The zero-order valence-corrected chi connectivity index (χ0v) is 42.5. The van der Waals surface area contributed by atoms with Crippen LogP contribution < -0.4 is 5.73 Å². The van der Waals surface area contributed by atoms with Crippen LogP contribution in [0, 0.1) is 13.8 Å². The maximum Gasteiger partial charge on any atom is 0.416 e. The van der Waals surface area contributed by atoms with Gasteiger partial charge in [0, 0.05) is 88.7 Å². The highest BCUT2D eigenvalue weighted by molar-refractivity contribution is 6.67. The number of alkyl halides is 6. The van der Waals surface area contributed by atoms with Crippen LogP contribution in [-0.2, 0) is 31.9 Å². The number of hydrogen-bond donors (Lipinski definition) is 3. The molecule has 0 aliphatic carbocycles. The summed E-state index contributed by atoms with van der Waals surface area (Å²) in [7, 11) is 0. The van der Waals surface area contributed by atoms with E-state index in [1.54, 1.807) is 74.5 Å². The number of fused-ring (bicyclic) bond motifs is 2. The van der Waals surface area contributed by atoms with Crippen LogP contribution in [0.2, 0.25) is 0 Å². The molecule has 22 heteroatoms. The summed E-state index contributed by atoms with van der Waals surface area (Å²) >= 11 is 5.11. The van der Waals surface area contributed by atoms with Gasteiger partial charge in [0.25, 0.3) is 5.24 Å². The minimum atomic E-state index is -4.48. The lowest BCUT2D eigenvalue weighted by atomic mass is 10.0. The molecule has 2 aliphatic heterocycles. The van der Waals surface area contributed by atoms with Crippen LogP contribution in [0.15, 0.2) is 94.2 Å². The first kappa shape index (κ1) is 54.4. The number of H-pyrrole nitrogens is 2. The minimum Gasteiger partial charge on any atom is -0.399 e. The second kappa shape index (κ2) is 23.3. The number of aromatic nitrogens is 6. The van der Waals surface area contributed by atoms with E-state index < -0.39 is 28.7 Å². The number of aryl methyl sites for hydroxylation is 2. The van der Waals surface area contributed by atoms with Crippen LogP contribution in [0.5, 0.6) is 0 Å². The molecule has 0 atom stereocenters. The number of nitrogens with two attached hydrogens (primary N) is 1. The topological polar surface area (TPSA) is 183 Å². The van der Waals surface area contributed by atoms with Gasteiger partial charge in [-0.1, -0.05) is 54.5 Å². The number of halogens is 7. The Kier molecular flexibility index (Phi) is 16.9. The van der Waals surface area contributed by atoms with Crippen LogP contribution >= 0.6 is 11.6 Å². The van der Waals surface area contributed by atoms with E-state index in [0.29, 0.717) is 85.3 Å². The average Bonchev–Trinajstić information content (AvgIpc) is 4.21. The molecular formula is C53H56ClF6N11O4. The molecule has 6 heterocycles. The molecule has 4 aromatic carbocycles. The Bertz CT molecular complexity index is 3260. The molecule has 0 bridgehead atoms. The summed E-state index contributed by atoms with van der Waals surface area (Å²) in [6, 6.07) is 19.4. The Morgan fingerprint density at radius 1 is 0.613 bits per heavy atom. The summed E-state index contributed by atoms with van der Waals surface area (Å²) in [5.74, 6) is 1.54. The number of nitrogens with zero attached hydrogens (tertiary/aromatic N) is 8. The zero-order valence-electron chi connectivity index (χ0n) is 41.7. The van der Waals surface area contributed by atoms with Gasteiger partial charge in [0.1, 0.15) is 23.2 Å². The number of hydrogen-bond acceptors (Lipinski definition) is 13. The van der Waals surface area contributed by atoms with Gasteiger partial charge in [-0.2, -0.15) is 26.3 Å². The molecule has 2 fully saturated rings. The van der Waals surface area contributed by atoms with Gasteiger partial charge in [-0.3, -0.25) is 19.4 Å². The van der Waals surface area contributed by atoms with Gasteiger partial charge in [-0.25, -0.2) is 9.97 Å². The molecule has 8 aromatic rings. The van der Waals surface area contributed by atoms with E-state index in [2.05, 4.69) is 68.2 Å². The van der Waals surface area contributed by atoms with Crippen LogP contribution in [0.25, 0.3) is 44.8 Å². The molecular weight excluding hydrogens is 1000 g/mol. The SMILES string of the molecule is CCN1CCN(Cc2ccc(-c3nc4ccc(CC(=O)c5cnoc5C)cc4[nH]3)cc2C(F)(F)F)CC1.CCN1CCN(Cc2ccc(-c3nc4ccc(N)cc4[nH]3)cc2C(F)(F)F)CC1.Cc1oncc1C(=O)Cl. The van der Waals surface area contributed by atoms with Gasteiger partial charge in [0.15, 0.2) is 5.78 Å². The van der Waals surface area contributed by atoms with Crippen LogP contribution in [0.1, 0.15) is 73.9 Å². The highest BCUT2D eigenvalue weighted by Crippen LogP contribution is 2.37. The summed E-state index contributed by atoms with van der Waals surface area (Å²) in [5.41, 5.74) is 10.6. The fourth-order valence-corrected chi connectivity index (χ4v) is 9.24. The minimum absolute atomic E-state index is 0.126. The Hall–Kier alpha value is -6.91. The Morgan fingerprint density at radius 2 is 1.05 bits per heavy atom. The number of anilines is 1. The van der Waals surface area contributed by atoms with Crippen LogP contribution in [0.4, 0.5) is 32.0 Å². The predicted molar refractivity (Wildman–Crippen MR) is 273 cm³/mol. The van der Waals surface area contributed by atoms with Crippen molar-refractivity contribution in [1.82, 2.24) is 49.8 Å². The first-order chi connectivity index (χ1) is 35.8. The number of carbonyl (C=O) groups excluding carboxylic acids is 2. The lowest BCUT2D eigenvalue weighted by molar-refractivity contribution is -0.139. The molecule has 4 aromatic heterocycles. The summed E-state index contributed by atoms with van der Waals surface area (Å²) in [6.07, 6.45) is -6.06. The molecule has 2 saturated heterocycles. The predicted octanol–water partition coefficient (Wildman–Crippen LogP) is 10.4. The summed E-state index contributed by atoms with van der Waals surface area (Å²) in [5, 5.41) is 6.47. The van der Waals surface area contributed by atoms with Crippen molar-refractivity contribution in [2.45, 2.75) is 59.6 Å². The van der Waals surface area contributed by atoms with Crippen molar-refractivity contribution in [3.8, 4) is 22.8 Å². The molecule has 10 rings (SSSR count). The van der Waals surface area contributed by atoms with E-state index in [-0.39, 0.29) is 24.3 Å². The van der Waals surface area contributed by atoms with Gasteiger partial charge in [0.05, 0.1) is 56.7 Å². The van der Waals surface area contributed by atoms with Crippen LogP contribution in [0.3, 0.4) is 0 Å². The van der Waals surface area contributed by atoms with Gasteiger partial charge in [-0.05, 0) is 97.7 Å². The molecule has 0 radical (unpaired) electrons. The number of nitrogens with one attached hydrogen (secondary N) is 2. The van der Waals surface area contributed by atoms with Crippen molar-refractivity contribution in [2.75, 3.05) is 71.2 Å². The third-order valence-electron chi connectivity index (χ3n) is 13.4. The molecule has 15 nitrogen and oxygen atoms in total. The van der Waals surface area contributed by atoms with E-state index in [4.69, 9.17) is 21.9 Å². The van der Waals surface area contributed by atoms with Crippen molar-refractivity contribution < 1.29 is 45.0 Å². The van der Waals surface area contributed by atoms with E-state index in [9.17, 15) is 35.9 Å². The number of carbonyl (C=O) groups is 2. The average molecular weight is 1060 g/mol. The third-order valence-corrected chi connectivity index (χ3v) is 13.6.